The summed E-state index contributed by atoms with van der Waals surface area (Å²) in [6, 6.07) is 0. The van der Waals surface area contributed by atoms with E-state index in [-0.39, 0.29) is 11.8 Å². The fourth-order valence-corrected chi connectivity index (χ4v) is 2.90. The molecule has 0 saturated heterocycles. The molecule has 0 aromatic heterocycles. The van der Waals surface area contributed by atoms with E-state index in [1.807, 2.05) is 6.92 Å². The Morgan fingerprint density at radius 3 is 2.24 bits per heavy atom. The van der Waals surface area contributed by atoms with Crippen LogP contribution in [0, 0.1) is 23.7 Å². The minimum absolute atomic E-state index is 0.0197. The second-order valence-electron chi connectivity index (χ2n) is 5.45. The van der Waals surface area contributed by atoms with Gasteiger partial charge < -0.3 is 11.1 Å². The van der Waals surface area contributed by atoms with Crippen molar-refractivity contribution in [3.63, 3.8) is 0 Å². The summed E-state index contributed by atoms with van der Waals surface area (Å²) in [4.78, 5) is 12.2. The van der Waals surface area contributed by atoms with Gasteiger partial charge in [-0.2, -0.15) is 0 Å². The molecule has 0 radical (unpaired) electrons. The summed E-state index contributed by atoms with van der Waals surface area (Å²) < 4.78 is 0. The van der Waals surface area contributed by atoms with E-state index < -0.39 is 0 Å². The number of hydrogen-bond donors (Lipinski definition) is 2. The Morgan fingerprint density at radius 1 is 1.35 bits per heavy atom. The van der Waals surface area contributed by atoms with Crippen LogP contribution < -0.4 is 11.1 Å². The minimum atomic E-state index is -0.288. The largest absolute Gasteiger partial charge is 0.393 e. The molecule has 2 aliphatic carbocycles. The lowest BCUT2D eigenvalue weighted by Gasteiger charge is -2.19. The summed E-state index contributed by atoms with van der Waals surface area (Å²) in [5, 5.41) is 3.05. The summed E-state index contributed by atoms with van der Waals surface area (Å²) >= 11 is 4.92. The zero-order valence-electron chi connectivity index (χ0n) is 10.4. The molecule has 2 aliphatic rings. The Labute approximate surface area is 109 Å². The summed E-state index contributed by atoms with van der Waals surface area (Å²) in [5.41, 5.74) is 5.57. The quantitative estimate of drug-likeness (QED) is 0.682. The van der Waals surface area contributed by atoms with Gasteiger partial charge in [0.1, 0.15) is 0 Å². The molecule has 2 fully saturated rings. The van der Waals surface area contributed by atoms with E-state index in [9.17, 15) is 4.79 Å². The van der Waals surface area contributed by atoms with Crippen LogP contribution in [-0.4, -0.2) is 17.4 Å². The SMILES string of the molecule is CCC(C(=O)NCC(C1CC1)C1CC1)C(N)=S. The van der Waals surface area contributed by atoms with Crippen molar-refractivity contribution >= 4 is 23.1 Å². The number of rotatable bonds is 7. The Kier molecular flexibility index (Phi) is 4.02. The van der Waals surface area contributed by atoms with Gasteiger partial charge in [0.25, 0.3) is 0 Å². The average molecular weight is 254 g/mol. The molecule has 0 aliphatic heterocycles. The van der Waals surface area contributed by atoms with Crippen LogP contribution in [0.3, 0.4) is 0 Å². The Hall–Kier alpha value is -0.640. The first-order valence-electron chi connectivity index (χ1n) is 6.70. The maximum Gasteiger partial charge on any atom is 0.229 e. The summed E-state index contributed by atoms with van der Waals surface area (Å²) in [5.74, 6) is 2.18. The topological polar surface area (TPSA) is 55.1 Å². The van der Waals surface area contributed by atoms with Crippen LogP contribution in [0.1, 0.15) is 39.0 Å². The maximum absolute atomic E-state index is 11.9. The van der Waals surface area contributed by atoms with Crippen LogP contribution in [0.5, 0.6) is 0 Å². The Morgan fingerprint density at radius 2 is 1.88 bits per heavy atom. The number of amides is 1. The highest BCUT2D eigenvalue weighted by atomic mass is 32.1. The normalized spacial score (nSPS) is 21.3. The van der Waals surface area contributed by atoms with Crippen molar-refractivity contribution in [3.05, 3.63) is 0 Å². The molecule has 0 aromatic carbocycles. The van der Waals surface area contributed by atoms with Crippen LogP contribution in [0.15, 0.2) is 0 Å². The lowest BCUT2D eigenvalue weighted by Crippen LogP contribution is -2.40. The molecule has 3 nitrogen and oxygen atoms in total. The highest BCUT2D eigenvalue weighted by Crippen LogP contribution is 2.48. The smallest absolute Gasteiger partial charge is 0.229 e. The van der Waals surface area contributed by atoms with E-state index in [1.54, 1.807) is 0 Å². The molecule has 0 aromatic rings. The highest BCUT2D eigenvalue weighted by Gasteiger charge is 2.41. The molecular formula is C13H22N2OS. The first kappa shape index (κ1) is 12.8. The summed E-state index contributed by atoms with van der Waals surface area (Å²) in [6.45, 7) is 2.77. The summed E-state index contributed by atoms with van der Waals surface area (Å²) in [6.07, 6.45) is 6.10. The number of hydrogen-bond acceptors (Lipinski definition) is 2. The number of nitrogens with one attached hydrogen (secondary N) is 1. The predicted octanol–water partition coefficient (Wildman–Crippen LogP) is 1.85. The van der Waals surface area contributed by atoms with Crippen molar-refractivity contribution in [3.8, 4) is 0 Å². The van der Waals surface area contributed by atoms with E-state index in [0.717, 1.165) is 18.4 Å². The van der Waals surface area contributed by atoms with Crippen LogP contribution in [0.2, 0.25) is 0 Å². The zero-order valence-corrected chi connectivity index (χ0v) is 11.3. The maximum atomic E-state index is 11.9. The molecule has 0 heterocycles. The van der Waals surface area contributed by atoms with E-state index in [4.69, 9.17) is 18.0 Å². The first-order valence-corrected chi connectivity index (χ1v) is 7.11. The molecule has 0 bridgehead atoms. The van der Waals surface area contributed by atoms with E-state index in [1.165, 1.54) is 25.7 Å². The highest BCUT2D eigenvalue weighted by molar-refractivity contribution is 7.80. The van der Waals surface area contributed by atoms with Crippen molar-refractivity contribution < 1.29 is 4.79 Å². The number of carbonyl (C=O) groups excluding carboxylic acids is 1. The van der Waals surface area contributed by atoms with Gasteiger partial charge in [-0.25, -0.2) is 0 Å². The molecule has 3 N–H and O–H groups in total. The van der Waals surface area contributed by atoms with Gasteiger partial charge in [-0.1, -0.05) is 19.1 Å². The van der Waals surface area contributed by atoms with Crippen LogP contribution in [0.25, 0.3) is 0 Å². The lowest BCUT2D eigenvalue weighted by molar-refractivity contribution is -0.123. The van der Waals surface area contributed by atoms with Gasteiger partial charge >= 0.3 is 0 Å². The van der Waals surface area contributed by atoms with E-state index in [0.29, 0.717) is 17.3 Å². The molecule has 0 spiro atoms. The van der Waals surface area contributed by atoms with Gasteiger partial charge in [-0.05, 0) is 49.9 Å². The standard InChI is InChI=1S/C13H22N2OS/c1-2-10(12(14)17)13(16)15-7-11(8-3-4-8)9-5-6-9/h8-11H,2-7H2,1H3,(H2,14,17)(H,15,16). The van der Waals surface area contributed by atoms with Gasteiger partial charge in [0, 0.05) is 6.54 Å². The zero-order chi connectivity index (χ0) is 12.4. The van der Waals surface area contributed by atoms with Crippen molar-refractivity contribution in [2.45, 2.75) is 39.0 Å². The third kappa shape index (κ3) is 3.41. The third-order valence-electron chi connectivity index (χ3n) is 4.04. The summed E-state index contributed by atoms with van der Waals surface area (Å²) in [7, 11) is 0. The molecular weight excluding hydrogens is 232 g/mol. The third-order valence-corrected chi connectivity index (χ3v) is 4.32. The second-order valence-corrected chi connectivity index (χ2v) is 5.92. The fourth-order valence-electron chi connectivity index (χ4n) is 2.62. The Balaban J connectivity index is 1.79. The first-order chi connectivity index (χ1) is 8.13. The van der Waals surface area contributed by atoms with Gasteiger partial charge in [0.05, 0.1) is 10.9 Å². The molecule has 96 valence electrons. The average Bonchev–Trinajstić information content (AvgIpc) is 3.13. The van der Waals surface area contributed by atoms with Crippen LogP contribution >= 0.6 is 12.2 Å². The van der Waals surface area contributed by atoms with Crippen LogP contribution in [-0.2, 0) is 4.79 Å². The van der Waals surface area contributed by atoms with Crippen molar-refractivity contribution in [2.24, 2.45) is 29.4 Å². The molecule has 1 atom stereocenters. The second kappa shape index (κ2) is 5.34. The number of thiocarbonyl (C=S) groups is 1. The van der Waals surface area contributed by atoms with Crippen LogP contribution in [0.4, 0.5) is 0 Å². The predicted molar refractivity (Wildman–Crippen MR) is 72.5 cm³/mol. The van der Waals surface area contributed by atoms with E-state index in [2.05, 4.69) is 5.32 Å². The molecule has 2 rings (SSSR count). The Bertz CT molecular complexity index is 299. The lowest BCUT2D eigenvalue weighted by atomic mass is 9.97. The van der Waals surface area contributed by atoms with Gasteiger partial charge in [-0.3, -0.25) is 4.79 Å². The molecule has 1 amide bonds. The van der Waals surface area contributed by atoms with Crippen molar-refractivity contribution in [2.75, 3.05) is 6.54 Å². The van der Waals surface area contributed by atoms with Crippen molar-refractivity contribution in [1.29, 1.82) is 0 Å². The number of carbonyl (C=O) groups is 1. The minimum Gasteiger partial charge on any atom is -0.393 e. The van der Waals surface area contributed by atoms with Gasteiger partial charge in [0.15, 0.2) is 0 Å². The molecule has 1 unspecified atom stereocenters. The van der Waals surface area contributed by atoms with Crippen molar-refractivity contribution in [1.82, 2.24) is 5.32 Å². The van der Waals surface area contributed by atoms with Gasteiger partial charge in [0.2, 0.25) is 5.91 Å². The fraction of sp³-hybridized carbons (Fsp3) is 0.846. The van der Waals surface area contributed by atoms with E-state index >= 15 is 0 Å². The molecule has 2 saturated carbocycles. The molecule has 17 heavy (non-hydrogen) atoms. The molecule has 4 heteroatoms. The number of nitrogens with two attached hydrogens (primary N) is 1. The van der Waals surface area contributed by atoms with Gasteiger partial charge in [-0.15, -0.1) is 0 Å². The monoisotopic (exact) mass is 254 g/mol.